The van der Waals surface area contributed by atoms with Gasteiger partial charge in [-0.05, 0) is 17.9 Å². The van der Waals surface area contributed by atoms with E-state index in [1.165, 1.54) is 0 Å². The second-order valence-corrected chi connectivity index (χ2v) is 4.26. The van der Waals surface area contributed by atoms with Gasteiger partial charge in [0.25, 0.3) is 10.1 Å². The van der Waals surface area contributed by atoms with E-state index in [9.17, 15) is 13.2 Å². The fourth-order valence-electron chi connectivity index (χ4n) is 0.881. The summed E-state index contributed by atoms with van der Waals surface area (Å²) in [5, 5.41) is 0. The zero-order valence-electron chi connectivity index (χ0n) is 6.78. The Morgan fingerprint density at radius 1 is 1.67 bits per heavy atom. The zero-order valence-corrected chi connectivity index (χ0v) is 7.60. The van der Waals surface area contributed by atoms with Gasteiger partial charge in [-0.2, -0.15) is 8.42 Å². The molecule has 12 heavy (non-hydrogen) atoms. The fraction of sp³-hybridized carbons (Fsp3) is 0.571. The summed E-state index contributed by atoms with van der Waals surface area (Å²) in [7, 11) is -3.95. The average molecular weight is 191 g/mol. The van der Waals surface area contributed by atoms with E-state index < -0.39 is 10.1 Å². The van der Waals surface area contributed by atoms with Crippen molar-refractivity contribution >= 4 is 16.4 Å². The Labute approximate surface area is 72.0 Å². The van der Waals surface area contributed by atoms with Crippen LogP contribution in [0.1, 0.15) is 13.3 Å². The molecule has 0 saturated carbocycles. The first-order chi connectivity index (χ1) is 5.35. The summed E-state index contributed by atoms with van der Waals surface area (Å²) < 4.78 is 29.1. The second kappa shape index (κ2) is 4.37. The van der Waals surface area contributed by atoms with Crippen molar-refractivity contribution in [1.29, 1.82) is 0 Å². The van der Waals surface area contributed by atoms with E-state index in [2.05, 4.69) is 6.58 Å². The largest absolute Gasteiger partial charge is 0.286 e. The lowest BCUT2D eigenvalue weighted by Crippen LogP contribution is -2.13. The SMILES string of the molecule is C=C([C]=O)CC(C)CS(=O)(=O)O. The monoisotopic (exact) mass is 191 g/mol. The van der Waals surface area contributed by atoms with E-state index in [4.69, 9.17) is 4.55 Å². The molecule has 0 aromatic rings. The lowest BCUT2D eigenvalue weighted by atomic mass is 10.1. The summed E-state index contributed by atoms with van der Waals surface area (Å²) in [5.41, 5.74) is 0.214. The molecule has 0 amide bonds. The highest BCUT2D eigenvalue weighted by Crippen LogP contribution is 2.09. The number of rotatable bonds is 5. The Morgan fingerprint density at radius 3 is 2.50 bits per heavy atom. The van der Waals surface area contributed by atoms with Crippen LogP contribution in [0, 0.1) is 5.92 Å². The van der Waals surface area contributed by atoms with Crippen molar-refractivity contribution in [2.24, 2.45) is 5.92 Å². The van der Waals surface area contributed by atoms with Gasteiger partial charge in [0.15, 0.2) is 0 Å². The molecule has 0 fully saturated rings. The van der Waals surface area contributed by atoms with Crippen LogP contribution in [-0.4, -0.2) is 25.0 Å². The molecule has 0 aliphatic rings. The molecule has 0 aliphatic carbocycles. The smallest absolute Gasteiger partial charge is 0.265 e. The molecule has 69 valence electrons. The van der Waals surface area contributed by atoms with Crippen LogP contribution < -0.4 is 0 Å². The quantitative estimate of drug-likeness (QED) is 0.509. The third-order valence-electron chi connectivity index (χ3n) is 1.23. The van der Waals surface area contributed by atoms with Gasteiger partial charge in [-0.1, -0.05) is 13.5 Å². The molecule has 0 bridgehead atoms. The van der Waals surface area contributed by atoms with Gasteiger partial charge < -0.3 is 0 Å². The Hall–Kier alpha value is -0.680. The number of hydrogen-bond acceptors (Lipinski definition) is 3. The van der Waals surface area contributed by atoms with Crippen LogP contribution in [0.4, 0.5) is 0 Å². The predicted molar refractivity (Wildman–Crippen MR) is 45.0 cm³/mol. The van der Waals surface area contributed by atoms with Crippen molar-refractivity contribution in [2.45, 2.75) is 13.3 Å². The third-order valence-corrected chi connectivity index (χ3v) is 2.22. The van der Waals surface area contributed by atoms with Crippen molar-refractivity contribution in [3.05, 3.63) is 12.2 Å². The Bertz CT molecular complexity index is 265. The van der Waals surface area contributed by atoms with Crippen LogP contribution in [0.3, 0.4) is 0 Å². The van der Waals surface area contributed by atoms with Crippen LogP contribution in [0.25, 0.3) is 0 Å². The summed E-state index contributed by atoms with van der Waals surface area (Å²) in [5.74, 6) is -0.665. The molecule has 4 nitrogen and oxygen atoms in total. The standard InChI is InChI=1S/C7H11O4S/c1-6(4-8)3-7(2)5-12(9,10)11/h7H,1,3,5H2,2H3,(H,9,10,11). The van der Waals surface area contributed by atoms with Gasteiger partial charge in [-0.15, -0.1) is 0 Å². The molecule has 0 aromatic heterocycles. The normalized spacial score (nSPS) is 13.8. The van der Waals surface area contributed by atoms with Crippen LogP contribution in [0.15, 0.2) is 12.2 Å². The van der Waals surface area contributed by atoms with Crippen LogP contribution in [-0.2, 0) is 14.9 Å². The molecule has 0 rings (SSSR count). The molecule has 0 aromatic carbocycles. The highest BCUT2D eigenvalue weighted by molar-refractivity contribution is 7.85. The van der Waals surface area contributed by atoms with Crippen molar-refractivity contribution in [3.8, 4) is 0 Å². The Kier molecular flexibility index (Phi) is 4.12. The van der Waals surface area contributed by atoms with Crippen molar-refractivity contribution in [3.63, 3.8) is 0 Å². The maximum atomic E-state index is 10.3. The van der Waals surface area contributed by atoms with Crippen molar-refractivity contribution in [2.75, 3.05) is 5.75 Å². The molecule has 1 atom stereocenters. The van der Waals surface area contributed by atoms with Crippen LogP contribution in [0.5, 0.6) is 0 Å². The van der Waals surface area contributed by atoms with E-state index in [0.29, 0.717) is 0 Å². The first kappa shape index (κ1) is 11.3. The zero-order chi connectivity index (χ0) is 9.78. The van der Waals surface area contributed by atoms with Crippen molar-refractivity contribution in [1.82, 2.24) is 0 Å². The summed E-state index contributed by atoms with van der Waals surface area (Å²) in [6.45, 7) is 4.95. The fourth-order valence-corrected chi connectivity index (χ4v) is 1.72. The van der Waals surface area contributed by atoms with Crippen molar-refractivity contribution < 1.29 is 17.8 Å². The lowest BCUT2D eigenvalue weighted by molar-refractivity contribution is 0.468. The van der Waals surface area contributed by atoms with E-state index >= 15 is 0 Å². The summed E-state index contributed by atoms with van der Waals surface area (Å²) in [6, 6.07) is 0. The highest BCUT2D eigenvalue weighted by Gasteiger charge is 2.12. The predicted octanol–water partition coefficient (Wildman–Crippen LogP) is 0.566. The summed E-state index contributed by atoms with van der Waals surface area (Å²) >= 11 is 0. The summed E-state index contributed by atoms with van der Waals surface area (Å²) in [6.07, 6.45) is 1.80. The number of allylic oxidation sites excluding steroid dienone is 1. The molecule has 1 radical (unpaired) electrons. The van der Waals surface area contributed by atoms with Gasteiger partial charge >= 0.3 is 0 Å². The van der Waals surface area contributed by atoms with E-state index in [1.54, 1.807) is 13.2 Å². The average Bonchev–Trinajstić information content (AvgIpc) is 1.82. The minimum atomic E-state index is -3.95. The van der Waals surface area contributed by atoms with E-state index in [-0.39, 0.29) is 23.7 Å². The maximum Gasteiger partial charge on any atom is 0.265 e. The molecular formula is C7H11O4S. The van der Waals surface area contributed by atoms with Gasteiger partial charge in [0.2, 0.25) is 6.29 Å². The van der Waals surface area contributed by atoms with E-state index in [0.717, 1.165) is 0 Å². The lowest BCUT2D eigenvalue weighted by Gasteiger charge is -2.06. The molecule has 0 spiro atoms. The van der Waals surface area contributed by atoms with Crippen LogP contribution >= 0.6 is 0 Å². The van der Waals surface area contributed by atoms with Gasteiger partial charge in [0.1, 0.15) is 0 Å². The van der Waals surface area contributed by atoms with Crippen LogP contribution in [0.2, 0.25) is 0 Å². The van der Waals surface area contributed by atoms with Gasteiger partial charge in [0.05, 0.1) is 5.75 Å². The number of hydrogen-bond donors (Lipinski definition) is 1. The first-order valence-electron chi connectivity index (χ1n) is 3.36. The van der Waals surface area contributed by atoms with E-state index in [1.807, 2.05) is 0 Å². The topological polar surface area (TPSA) is 71.4 Å². The molecular weight excluding hydrogens is 180 g/mol. The Balaban J connectivity index is 3.99. The highest BCUT2D eigenvalue weighted by atomic mass is 32.2. The molecule has 0 heterocycles. The second-order valence-electron chi connectivity index (χ2n) is 2.76. The minimum absolute atomic E-state index is 0.214. The Morgan fingerprint density at radius 2 is 2.17 bits per heavy atom. The van der Waals surface area contributed by atoms with Gasteiger partial charge in [0, 0.05) is 0 Å². The molecule has 5 heteroatoms. The third kappa shape index (κ3) is 6.06. The number of carbonyl (C=O) groups excluding carboxylic acids is 1. The molecule has 0 aliphatic heterocycles. The molecule has 1 N–H and O–H groups in total. The first-order valence-corrected chi connectivity index (χ1v) is 4.97. The molecule has 1 unspecified atom stereocenters. The maximum absolute atomic E-state index is 10.3. The van der Waals surface area contributed by atoms with Gasteiger partial charge in [-0.25, -0.2) is 0 Å². The summed E-state index contributed by atoms with van der Waals surface area (Å²) in [4.78, 5) is 9.97. The van der Waals surface area contributed by atoms with Gasteiger partial charge in [-0.3, -0.25) is 9.35 Å². The minimum Gasteiger partial charge on any atom is -0.286 e. The molecule has 0 saturated heterocycles.